The number of amides is 2. The largest absolute Gasteiger partial charge is 0.493 e. The van der Waals surface area contributed by atoms with Crippen molar-refractivity contribution in [1.82, 2.24) is 10.6 Å². The summed E-state index contributed by atoms with van der Waals surface area (Å²) in [6, 6.07) is 5.79. The number of nitrogens with one attached hydrogen (secondary N) is 3. The zero-order valence-electron chi connectivity index (χ0n) is 25.8. The Morgan fingerprint density at radius 1 is 1.00 bits per heavy atom. The Bertz CT molecular complexity index is 1390. The van der Waals surface area contributed by atoms with E-state index in [1.165, 1.54) is 14.0 Å². The van der Waals surface area contributed by atoms with Crippen LogP contribution in [0.25, 0.3) is 11.1 Å². The first-order valence-corrected chi connectivity index (χ1v) is 14.6. The Hall–Kier alpha value is -4.28. The molecule has 0 spiro atoms. The Labute approximate surface area is 252 Å². The second-order valence-electron chi connectivity index (χ2n) is 11.0. The molecular weight excluding hydrogens is 554 g/mol. The van der Waals surface area contributed by atoms with Crippen LogP contribution in [0.1, 0.15) is 70.0 Å². The van der Waals surface area contributed by atoms with Crippen LogP contribution in [0.2, 0.25) is 0 Å². The Morgan fingerprint density at radius 3 is 2.33 bits per heavy atom. The van der Waals surface area contributed by atoms with Gasteiger partial charge >= 0.3 is 5.97 Å². The summed E-state index contributed by atoms with van der Waals surface area (Å²) in [7, 11) is 4.66. The first-order valence-electron chi connectivity index (χ1n) is 14.6. The van der Waals surface area contributed by atoms with Crippen LogP contribution in [0.15, 0.2) is 29.1 Å². The number of methoxy groups -OCH3 is 3. The van der Waals surface area contributed by atoms with Crippen molar-refractivity contribution in [2.75, 3.05) is 33.2 Å². The molecule has 43 heavy (non-hydrogen) atoms. The minimum atomic E-state index is -1.04. The summed E-state index contributed by atoms with van der Waals surface area (Å²) in [4.78, 5) is 49.0. The quantitative estimate of drug-likeness (QED) is 0.236. The van der Waals surface area contributed by atoms with E-state index in [9.17, 15) is 24.3 Å². The summed E-state index contributed by atoms with van der Waals surface area (Å²) < 4.78 is 17.0. The van der Waals surface area contributed by atoms with Gasteiger partial charge in [-0.1, -0.05) is 26.3 Å². The van der Waals surface area contributed by atoms with Crippen molar-refractivity contribution in [3.8, 4) is 28.4 Å². The van der Waals surface area contributed by atoms with Crippen molar-refractivity contribution in [2.45, 2.75) is 71.4 Å². The van der Waals surface area contributed by atoms with Crippen molar-refractivity contribution in [3.63, 3.8) is 0 Å². The van der Waals surface area contributed by atoms with Gasteiger partial charge in [0.25, 0.3) is 0 Å². The molecule has 234 valence electrons. The van der Waals surface area contributed by atoms with E-state index in [2.05, 4.69) is 16.0 Å². The van der Waals surface area contributed by atoms with Gasteiger partial charge in [0.05, 0.1) is 33.1 Å². The van der Waals surface area contributed by atoms with E-state index in [-0.39, 0.29) is 29.6 Å². The number of carboxylic acids is 1. The zero-order valence-corrected chi connectivity index (χ0v) is 25.8. The number of carbonyl (C=O) groups excluding carboxylic acids is 2. The lowest BCUT2D eigenvalue weighted by atomic mass is 9.95. The molecule has 11 heteroatoms. The van der Waals surface area contributed by atoms with E-state index < -0.39 is 18.1 Å². The molecule has 2 atom stereocenters. The van der Waals surface area contributed by atoms with Gasteiger partial charge in [0.1, 0.15) is 6.04 Å². The summed E-state index contributed by atoms with van der Waals surface area (Å²) >= 11 is 0. The average molecular weight is 598 g/mol. The molecule has 11 nitrogen and oxygen atoms in total. The molecule has 0 fully saturated rings. The predicted molar refractivity (Wildman–Crippen MR) is 164 cm³/mol. The number of hydrogen-bond acceptors (Lipinski definition) is 8. The highest BCUT2D eigenvalue weighted by atomic mass is 16.5. The second-order valence-corrected chi connectivity index (χ2v) is 11.0. The number of rotatable bonds is 14. The van der Waals surface area contributed by atoms with E-state index in [0.717, 1.165) is 23.1 Å². The Kier molecular flexibility index (Phi) is 11.8. The molecular formula is C32H43N3O8. The highest BCUT2D eigenvalue weighted by Crippen LogP contribution is 2.50. The molecule has 3 rings (SSSR count). The highest BCUT2D eigenvalue weighted by Gasteiger charge is 2.29. The average Bonchev–Trinajstić information content (AvgIpc) is 3.20. The zero-order chi connectivity index (χ0) is 31.7. The molecule has 2 amide bonds. The van der Waals surface area contributed by atoms with E-state index in [0.29, 0.717) is 60.7 Å². The second kappa shape index (κ2) is 15.3. The molecule has 0 saturated heterocycles. The molecule has 4 N–H and O–H groups in total. The molecule has 0 saturated carbocycles. The molecule has 0 radical (unpaired) electrons. The molecule has 1 aliphatic carbocycles. The van der Waals surface area contributed by atoms with Crippen molar-refractivity contribution in [3.05, 3.63) is 45.6 Å². The summed E-state index contributed by atoms with van der Waals surface area (Å²) in [5.41, 5.74) is 3.36. The number of hydrogen-bond donors (Lipinski definition) is 4. The lowest BCUT2D eigenvalue weighted by Gasteiger charge is -2.19. The maximum Gasteiger partial charge on any atom is 0.326 e. The highest BCUT2D eigenvalue weighted by molar-refractivity contribution is 5.84. The third kappa shape index (κ3) is 8.18. The summed E-state index contributed by atoms with van der Waals surface area (Å²) in [6.07, 6.45) is 3.44. The summed E-state index contributed by atoms with van der Waals surface area (Å²) in [6.45, 7) is 5.46. The normalized spacial score (nSPS) is 14.4. The fourth-order valence-electron chi connectivity index (χ4n) is 5.42. The van der Waals surface area contributed by atoms with Gasteiger partial charge in [-0.25, -0.2) is 4.79 Å². The number of unbranched alkanes of at least 4 members (excludes halogenated alkanes) is 2. The fraction of sp³-hybridized carbons (Fsp3) is 0.500. The Morgan fingerprint density at radius 2 is 1.72 bits per heavy atom. The van der Waals surface area contributed by atoms with Crippen LogP contribution in [0.3, 0.4) is 0 Å². The smallest absolute Gasteiger partial charge is 0.326 e. The van der Waals surface area contributed by atoms with Crippen molar-refractivity contribution < 1.29 is 33.7 Å². The number of anilines is 1. The van der Waals surface area contributed by atoms with E-state index in [4.69, 9.17) is 14.2 Å². The maximum absolute atomic E-state index is 13.4. The van der Waals surface area contributed by atoms with Crippen LogP contribution in [0.4, 0.5) is 5.69 Å². The molecule has 0 bridgehead atoms. The van der Waals surface area contributed by atoms with Gasteiger partial charge in [0.15, 0.2) is 11.5 Å². The van der Waals surface area contributed by atoms with E-state index in [1.54, 1.807) is 40.2 Å². The lowest BCUT2D eigenvalue weighted by Crippen LogP contribution is -2.44. The summed E-state index contributed by atoms with van der Waals surface area (Å²) in [5.74, 6) is -0.272. The third-order valence-corrected chi connectivity index (χ3v) is 7.56. The van der Waals surface area contributed by atoms with Gasteiger partial charge in [0.2, 0.25) is 23.0 Å². The van der Waals surface area contributed by atoms with E-state index in [1.807, 2.05) is 12.1 Å². The molecule has 0 heterocycles. The van der Waals surface area contributed by atoms with Crippen molar-refractivity contribution in [1.29, 1.82) is 0 Å². The van der Waals surface area contributed by atoms with Crippen LogP contribution in [-0.2, 0) is 20.8 Å². The molecule has 1 aliphatic rings. The van der Waals surface area contributed by atoms with Gasteiger partial charge < -0.3 is 35.3 Å². The molecule has 0 unspecified atom stereocenters. The minimum Gasteiger partial charge on any atom is -0.493 e. The van der Waals surface area contributed by atoms with Gasteiger partial charge in [-0.2, -0.15) is 0 Å². The topological polar surface area (TPSA) is 152 Å². The predicted octanol–water partition coefficient (Wildman–Crippen LogP) is 4.06. The first-order chi connectivity index (χ1) is 20.5. The lowest BCUT2D eigenvalue weighted by molar-refractivity contribution is -0.143. The number of fused-ring (bicyclic) bond motifs is 3. The van der Waals surface area contributed by atoms with Crippen molar-refractivity contribution in [2.24, 2.45) is 5.92 Å². The molecule has 0 aliphatic heterocycles. The molecule has 0 aromatic heterocycles. The number of carbonyl (C=O) groups is 3. The Balaban J connectivity index is 1.82. The van der Waals surface area contributed by atoms with Crippen LogP contribution in [0, 0.1) is 5.92 Å². The SMILES string of the molecule is COc1cc2c(c(OC)c1OC)-c1ccc(NCCCCCC(=O)N[C@H](C(=O)O)C(C)C)c(=O)cc1[C@@H](NC(C)=O)CC2. The van der Waals surface area contributed by atoms with Crippen LogP contribution in [-0.4, -0.2) is 56.8 Å². The maximum atomic E-state index is 13.4. The first kappa shape index (κ1) is 33.2. The van der Waals surface area contributed by atoms with Crippen LogP contribution < -0.4 is 35.6 Å². The number of carboxylic acid groups (broad SMARTS) is 1. The molecule has 2 aromatic rings. The fourth-order valence-corrected chi connectivity index (χ4v) is 5.42. The van der Waals surface area contributed by atoms with Gasteiger partial charge in [-0.15, -0.1) is 0 Å². The number of aliphatic carboxylic acids is 1. The van der Waals surface area contributed by atoms with Gasteiger partial charge in [-0.3, -0.25) is 14.4 Å². The number of ether oxygens (including phenoxy) is 3. The number of aryl methyl sites for hydroxylation is 1. The van der Waals surface area contributed by atoms with Gasteiger partial charge in [0, 0.05) is 25.5 Å². The van der Waals surface area contributed by atoms with Crippen LogP contribution >= 0.6 is 0 Å². The van der Waals surface area contributed by atoms with Crippen molar-refractivity contribution >= 4 is 23.5 Å². The summed E-state index contributed by atoms with van der Waals surface area (Å²) in [5, 5.41) is 18.0. The number of benzene rings is 1. The van der Waals surface area contributed by atoms with Crippen LogP contribution in [0.5, 0.6) is 17.2 Å². The van der Waals surface area contributed by atoms with Gasteiger partial charge in [-0.05, 0) is 66.5 Å². The molecule has 2 aromatic carbocycles. The van der Waals surface area contributed by atoms with E-state index >= 15 is 0 Å². The third-order valence-electron chi connectivity index (χ3n) is 7.56. The monoisotopic (exact) mass is 597 g/mol. The minimum absolute atomic E-state index is 0.197. The standard InChI is InChI=1S/C32H43N3O8/c1-18(2)29(32(39)40)35-27(38)10-8-7-9-15-33-24-14-12-21-22(17-25(24)37)23(34-19(3)36)13-11-20-16-26(41-4)30(42-5)31(43-6)28(20)21/h12,14,16-18,23,29H,7-11,13,15H2,1-6H3,(H,33,37)(H,34,36)(H,35,38)(H,39,40)/t23-,29-/m0/s1.